The van der Waals surface area contributed by atoms with Crippen molar-refractivity contribution in [2.75, 3.05) is 13.2 Å². The fourth-order valence-electron chi connectivity index (χ4n) is 2.77. The first-order chi connectivity index (χ1) is 9.70. The number of thiol groups is 1. The van der Waals surface area contributed by atoms with Gasteiger partial charge in [0.05, 0.1) is 12.7 Å². The predicted molar refractivity (Wildman–Crippen MR) is 84.4 cm³/mol. The molecule has 1 fully saturated rings. The Labute approximate surface area is 126 Å². The van der Waals surface area contributed by atoms with Crippen LogP contribution in [0.3, 0.4) is 0 Å². The first-order valence-corrected chi connectivity index (χ1v) is 7.99. The quantitative estimate of drug-likeness (QED) is 0.706. The Balaban J connectivity index is 1.95. The van der Waals surface area contributed by atoms with E-state index in [1.54, 1.807) is 0 Å². The van der Waals surface area contributed by atoms with Crippen LogP contribution in [-0.2, 0) is 0 Å². The molecule has 2 rings (SSSR count). The lowest BCUT2D eigenvalue weighted by atomic mass is 9.90. The SMILES string of the molecule is NCCC(O)c1cc(OCC2CCCCC2)ccc1S. The minimum absolute atomic E-state index is 0.460. The molecule has 0 heterocycles. The second kappa shape index (κ2) is 7.91. The minimum Gasteiger partial charge on any atom is -0.493 e. The van der Waals surface area contributed by atoms with Crippen LogP contribution in [0.2, 0.25) is 0 Å². The van der Waals surface area contributed by atoms with Crippen molar-refractivity contribution in [3.05, 3.63) is 23.8 Å². The minimum atomic E-state index is -0.564. The van der Waals surface area contributed by atoms with Crippen LogP contribution < -0.4 is 10.5 Å². The van der Waals surface area contributed by atoms with Crippen LogP contribution in [0.4, 0.5) is 0 Å². The van der Waals surface area contributed by atoms with Gasteiger partial charge in [0, 0.05) is 4.90 Å². The topological polar surface area (TPSA) is 55.5 Å². The van der Waals surface area contributed by atoms with E-state index < -0.39 is 6.10 Å². The zero-order valence-electron chi connectivity index (χ0n) is 11.9. The van der Waals surface area contributed by atoms with Crippen molar-refractivity contribution in [1.29, 1.82) is 0 Å². The van der Waals surface area contributed by atoms with E-state index >= 15 is 0 Å². The van der Waals surface area contributed by atoms with E-state index in [0.29, 0.717) is 18.9 Å². The lowest BCUT2D eigenvalue weighted by Gasteiger charge is -2.22. The number of nitrogens with two attached hydrogens (primary N) is 1. The van der Waals surface area contributed by atoms with Gasteiger partial charge in [0.15, 0.2) is 0 Å². The van der Waals surface area contributed by atoms with Gasteiger partial charge in [-0.05, 0) is 55.5 Å². The van der Waals surface area contributed by atoms with Crippen molar-refractivity contribution in [2.24, 2.45) is 11.7 Å². The summed E-state index contributed by atoms with van der Waals surface area (Å²) in [5, 5.41) is 10.1. The Bertz CT molecular complexity index is 419. The Hall–Kier alpha value is -0.710. The molecule has 0 saturated heterocycles. The second-order valence-electron chi connectivity index (χ2n) is 5.63. The molecule has 0 spiro atoms. The summed E-state index contributed by atoms with van der Waals surface area (Å²) in [6.45, 7) is 1.24. The van der Waals surface area contributed by atoms with Gasteiger partial charge in [0.2, 0.25) is 0 Å². The molecule has 0 aromatic heterocycles. The summed E-state index contributed by atoms with van der Waals surface area (Å²) in [5.41, 5.74) is 6.30. The maximum absolute atomic E-state index is 10.1. The molecule has 0 radical (unpaired) electrons. The summed E-state index contributed by atoms with van der Waals surface area (Å²) in [6, 6.07) is 5.70. The highest BCUT2D eigenvalue weighted by Crippen LogP contribution is 2.29. The molecule has 112 valence electrons. The van der Waals surface area contributed by atoms with Crippen molar-refractivity contribution >= 4 is 12.6 Å². The van der Waals surface area contributed by atoms with E-state index in [1.165, 1.54) is 32.1 Å². The smallest absolute Gasteiger partial charge is 0.119 e. The third-order valence-corrected chi connectivity index (χ3v) is 4.42. The molecule has 3 nitrogen and oxygen atoms in total. The molecule has 1 saturated carbocycles. The molecule has 4 heteroatoms. The van der Waals surface area contributed by atoms with Crippen LogP contribution in [0.1, 0.15) is 50.2 Å². The number of aliphatic hydroxyl groups is 1. The monoisotopic (exact) mass is 295 g/mol. The zero-order valence-corrected chi connectivity index (χ0v) is 12.8. The van der Waals surface area contributed by atoms with Crippen LogP contribution in [0, 0.1) is 5.92 Å². The van der Waals surface area contributed by atoms with E-state index in [4.69, 9.17) is 10.5 Å². The largest absolute Gasteiger partial charge is 0.493 e. The third-order valence-electron chi connectivity index (χ3n) is 4.01. The van der Waals surface area contributed by atoms with E-state index in [9.17, 15) is 5.11 Å². The summed E-state index contributed by atoms with van der Waals surface area (Å²) in [4.78, 5) is 0.788. The molecule has 3 N–H and O–H groups in total. The van der Waals surface area contributed by atoms with Crippen LogP contribution in [0.15, 0.2) is 23.1 Å². The molecular weight excluding hydrogens is 270 g/mol. The molecule has 1 aliphatic carbocycles. The summed E-state index contributed by atoms with van der Waals surface area (Å²) in [5.74, 6) is 1.50. The molecule has 0 aliphatic heterocycles. The van der Waals surface area contributed by atoms with Gasteiger partial charge in [-0.1, -0.05) is 19.3 Å². The van der Waals surface area contributed by atoms with Crippen molar-refractivity contribution < 1.29 is 9.84 Å². The Morgan fingerprint density at radius 3 is 2.75 bits per heavy atom. The van der Waals surface area contributed by atoms with Crippen LogP contribution in [0.5, 0.6) is 5.75 Å². The predicted octanol–water partition coefficient (Wildman–Crippen LogP) is 3.32. The fraction of sp³-hybridized carbons (Fsp3) is 0.625. The highest BCUT2D eigenvalue weighted by atomic mass is 32.1. The number of ether oxygens (including phenoxy) is 1. The van der Waals surface area contributed by atoms with E-state index in [1.807, 2.05) is 18.2 Å². The van der Waals surface area contributed by atoms with E-state index in [0.717, 1.165) is 22.8 Å². The number of rotatable bonds is 6. The summed E-state index contributed by atoms with van der Waals surface area (Å²) in [6.07, 6.45) is 6.53. The van der Waals surface area contributed by atoms with Gasteiger partial charge in [-0.3, -0.25) is 0 Å². The van der Waals surface area contributed by atoms with Gasteiger partial charge in [0.25, 0.3) is 0 Å². The molecule has 1 unspecified atom stereocenters. The first kappa shape index (κ1) is 15.7. The number of benzene rings is 1. The highest BCUT2D eigenvalue weighted by molar-refractivity contribution is 7.80. The molecule has 0 amide bonds. The summed E-state index contributed by atoms with van der Waals surface area (Å²) < 4.78 is 5.89. The van der Waals surface area contributed by atoms with Gasteiger partial charge < -0.3 is 15.6 Å². The molecular formula is C16H25NO2S. The zero-order chi connectivity index (χ0) is 14.4. The Morgan fingerprint density at radius 1 is 1.30 bits per heavy atom. The molecule has 20 heavy (non-hydrogen) atoms. The maximum atomic E-state index is 10.1. The normalized spacial score (nSPS) is 17.9. The Morgan fingerprint density at radius 2 is 2.05 bits per heavy atom. The van der Waals surface area contributed by atoms with Crippen molar-refractivity contribution in [1.82, 2.24) is 0 Å². The van der Waals surface area contributed by atoms with Crippen LogP contribution >= 0.6 is 12.6 Å². The maximum Gasteiger partial charge on any atom is 0.119 e. The average molecular weight is 295 g/mol. The summed E-state index contributed by atoms with van der Waals surface area (Å²) in [7, 11) is 0. The first-order valence-electron chi connectivity index (χ1n) is 7.54. The van der Waals surface area contributed by atoms with Gasteiger partial charge in [-0.2, -0.15) is 0 Å². The van der Waals surface area contributed by atoms with Crippen LogP contribution in [-0.4, -0.2) is 18.3 Å². The lowest BCUT2D eigenvalue weighted by Crippen LogP contribution is -2.15. The number of aliphatic hydroxyl groups excluding tert-OH is 1. The van der Waals surface area contributed by atoms with Crippen molar-refractivity contribution in [3.63, 3.8) is 0 Å². The standard InChI is InChI=1S/C16H25NO2S/c17-9-8-15(18)14-10-13(6-7-16(14)20)19-11-12-4-2-1-3-5-12/h6-7,10,12,15,18,20H,1-5,8-9,11,17H2. The van der Waals surface area contributed by atoms with E-state index in [2.05, 4.69) is 12.6 Å². The molecule has 0 bridgehead atoms. The molecule has 1 aromatic carbocycles. The number of hydrogen-bond donors (Lipinski definition) is 3. The van der Waals surface area contributed by atoms with Gasteiger partial charge in [0.1, 0.15) is 5.75 Å². The number of hydrogen-bond acceptors (Lipinski definition) is 4. The van der Waals surface area contributed by atoms with Crippen LogP contribution in [0.25, 0.3) is 0 Å². The third kappa shape index (κ3) is 4.40. The van der Waals surface area contributed by atoms with Crippen molar-refractivity contribution in [2.45, 2.75) is 49.5 Å². The Kier molecular flexibility index (Phi) is 6.20. The second-order valence-corrected chi connectivity index (χ2v) is 6.11. The van der Waals surface area contributed by atoms with Gasteiger partial charge in [-0.25, -0.2) is 0 Å². The lowest BCUT2D eigenvalue weighted by molar-refractivity contribution is 0.166. The highest BCUT2D eigenvalue weighted by Gasteiger charge is 2.15. The van der Waals surface area contributed by atoms with Gasteiger partial charge in [-0.15, -0.1) is 12.6 Å². The fourth-order valence-corrected chi connectivity index (χ4v) is 3.06. The molecule has 1 aromatic rings. The van der Waals surface area contributed by atoms with Gasteiger partial charge >= 0.3 is 0 Å². The average Bonchev–Trinajstić information content (AvgIpc) is 2.47. The van der Waals surface area contributed by atoms with Crippen molar-refractivity contribution in [3.8, 4) is 5.75 Å². The summed E-state index contributed by atoms with van der Waals surface area (Å²) >= 11 is 4.39. The molecule has 1 atom stereocenters. The van der Waals surface area contributed by atoms with E-state index in [-0.39, 0.29) is 0 Å². The molecule has 1 aliphatic rings.